The SMILES string of the molecule is COc1cc(C)c(CN2CCC[C@@H](c3ccn(CC(=O)O)n3)C2)cc1C. The van der Waals surface area contributed by atoms with Gasteiger partial charge in [-0.1, -0.05) is 6.07 Å². The van der Waals surface area contributed by atoms with Gasteiger partial charge in [0.25, 0.3) is 0 Å². The average Bonchev–Trinajstić information content (AvgIpc) is 3.06. The minimum absolute atomic E-state index is 0.0826. The number of ether oxygens (including phenoxy) is 1. The van der Waals surface area contributed by atoms with Crippen LogP contribution in [0, 0.1) is 13.8 Å². The Balaban J connectivity index is 1.68. The normalized spacial score (nSPS) is 18.0. The van der Waals surface area contributed by atoms with Gasteiger partial charge in [0, 0.05) is 25.2 Å². The molecule has 6 heteroatoms. The van der Waals surface area contributed by atoms with Crippen LogP contribution in [-0.4, -0.2) is 46.0 Å². The minimum Gasteiger partial charge on any atom is -0.496 e. The Morgan fingerprint density at radius 3 is 2.88 bits per heavy atom. The fraction of sp³-hybridized carbons (Fsp3) is 0.500. The summed E-state index contributed by atoms with van der Waals surface area (Å²) in [6.07, 6.45) is 3.99. The van der Waals surface area contributed by atoms with Crippen LogP contribution in [0.2, 0.25) is 0 Å². The molecule has 1 aromatic carbocycles. The summed E-state index contributed by atoms with van der Waals surface area (Å²) in [6.45, 7) is 7.08. The van der Waals surface area contributed by atoms with E-state index in [4.69, 9.17) is 9.84 Å². The quantitative estimate of drug-likeness (QED) is 0.861. The largest absolute Gasteiger partial charge is 0.496 e. The molecule has 2 heterocycles. The first-order valence-corrected chi connectivity index (χ1v) is 9.08. The number of nitrogens with zero attached hydrogens (tertiary/aromatic N) is 3. The lowest BCUT2D eigenvalue weighted by atomic mass is 9.94. The Kier molecular flexibility index (Phi) is 5.61. The predicted molar refractivity (Wildman–Crippen MR) is 99.6 cm³/mol. The standard InChI is InChI=1S/C20H27N3O3/c1-14-10-19(26-3)15(2)9-17(14)12-22-7-4-5-16(11-22)18-6-8-23(21-18)13-20(24)25/h6,8-10,16H,4-5,7,11-13H2,1-3H3,(H,24,25)/t16-/m1/s1. The second kappa shape index (κ2) is 7.91. The summed E-state index contributed by atoms with van der Waals surface area (Å²) in [4.78, 5) is 13.3. The number of carbonyl (C=O) groups is 1. The lowest BCUT2D eigenvalue weighted by Gasteiger charge is -2.32. The number of carboxylic acids is 1. The van der Waals surface area contributed by atoms with E-state index in [-0.39, 0.29) is 6.54 Å². The first kappa shape index (κ1) is 18.5. The number of hydrogen-bond acceptors (Lipinski definition) is 4. The topological polar surface area (TPSA) is 67.6 Å². The Morgan fingerprint density at radius 2 is 2.15 bits per heavy atom. The number of aliphatic carboxylic acids is 1. The molecule has 0 unspecified atom stereocenters. The van der Waals surface area contributed by atoms with E-state index in [1.54, 1.807) is 13.3 Å². The summed E-state index contributed by atoms with van der Waals surface area (Å²) < 4.78 is 6.92. The molecule has 0 amide bonds. The Bertz CT molecular complexity index is 785. The van der Waals surface area contributed by atoms with Crippen molar-refractivity contribution in [2.75, 3.05) is 20.2 Å². The lowest BCUT2D eigenvalue weighted by Crippen LogP contribution is -2.34. The highest BCUT2D eigenvalue weighted by Crippen LogP contribution is 2.28. The maximum Gasteiger partial charge on any atom is 0.325 e. The van der Waals surface area contributed by atoms with E-state index in [0.717, 1.165) is 49.5 Å². The van der Waals surface area contributed by atoms with Crippen molar-refractivity contribution in [3.63, 3.8) is 0 Å². The molecule has 1 aliphatic rings. The van der Waals surface area contributed by atoms with Crippen LogP contribution >= 0.6 is 0 Å². The van der Waals surface area contributed by atoms with Crippen LogP contribution in [0.3, 0.4) is 0 Å². The van der Waals surface area contributed by atoms with E-state index in [1.807, 2.05) is 6.07 Å². The summed E-state index contributed by atoms with van der Waals surface area (Å²) in [7, 11) is 1.71. The number of aryl methyl sites for hydroxylation is 2. The molecule has 1 N–H and O–H groups in total. The van der Waals surface area contributed by atoms with Crippen LogP contribution in [0.4, 0.5) is 0 Å². The molecule has 0 spiro atoms. The molecule has 6 nitrogen and oxygen atoms in total. The lowest BCUT2D eigenvalue weighted by molar-refractivity contribution is -0.137. The van der Waals surface area contributed by atoms with Crippen molar-refractivity contribution in [3.05, 3.63) is 46.8 Å². The van der Waals surface area contributed by atoms with Gasteiger partial charge in [-0.25, -0.2) is 0 Å². The summed E-state index contributed by atoms with van der Waals surface area (Å²) in [6, 6.07) is 6.29. The van der Waals surface area contributed by atoms with Gasteiger partial charge in [-0.2, -0.15) is 5.10 Å². The summed E-state index contributed by atoms with van der Waals surface area (Å²) >= 11 is 0. The zero-order chi connectivity index (χ0) is 18.7. The minimum atomic E-state index is -0.865. The van der Waals surface area contributed by atoms with Gasteiger partial charge in [-0.15, -0.1) is 0 Å². The van der Waals surface area contributed by atoms with Crippen molar-refractivity contribution in [2.24, 2.45) is 0 Å². The van der Waals surface area contributed by atoms with Gasteiger partial charge >= 0.3 is 5.97 Å². The average molecular weight is 357 g/mol. The van der Waals surface area contributed by atoms with Gasteiger partial charge in [0.1, 0.15) is 12.3 Å². The molecular weight excluding hydrogens is 330 g/mol. The Morgan fingerprint density at radius 1 is 1.35 bits per heavy atom. The Labute approximate surface area is 154 Å². The number of aromatic nitrogens is 2. The molecule has 26 heavy (non-hydrogen) atoms. The molecule has 2 aromatic rings. The number of rotatable bonds is 6. The van der Waals surface area contributed by atoms with E-state index in [9.17, 15) is 4.79 Å². The van der Waals surface area contributed by atoms with Crippen molar-refractivity contribution in [1.29, 1.82) is 0 Å². The van der Waals surface area contributed by atoms with E-state index < -0.39 is 5.97 Å². The fourth-order valence-electron chi connectivity index (χ4n) is 3.74. The van der Waals surface area contributed by atoms with Gasteiger partial charge in [0.15, 0.2) is 0 Å². The smallest absolute Gasteiger partial charge is 0.325 e. The summed E-state index contributed by atoms with van der Waals surface area (Å²) in [5, 5.41) is 13.4. The first-order chi connectivity index (χ1) is 12.5. The van der Waals surface area contributed by atoms with Crippen LogP contribution in [0.5, 0.6) is 5.75 Å². The van der Waals surface area contributed by atoms with Gasteiger partial charge in [0.05, 0.1) is 12.8 Å². The number of likely N-dealkylation sites (tertiary alicyclic amines) is 1. The number of piperidine rings is 1. The van der Waals surface area contributed by atoms with E-state index >= 15 is 0 Å². The highest BCUT2D eigenvalue weighted by atomic mass is 16.5. The molecule has 3 rings (SSSR count). The van der Waals surface area contributed by atoms with Crippen molar-refractivity contribution < 1.29 is 14.6 Å². The fourth-order valence-corrected chi connectivity index (χ4v) is 3.74. The van der Waals surface area contributed by atoms with Gasteiger partial charge in [-0.3, -0.25) is 14.4 Å². The first-order valence-electron chi connectivity index (χ1n) is 9.08. The molecule has 1 aliphatic heterocycles. The molecule has 1 atom stereocenters. The molecular formula is C20H27N3O3. The van der Waals surface area contributed by atoms with Crippen LogP contribution in [0.15, 0.2) is 24.4 Å². The van der Waals surface area contributed by atoms with Crippen LogP contribution in [0.25, 0.3) is 0 Å². The molecule has 0 bridgehead atoms. The number of carboxylic acid groups (broad SMARTS) is 1. The van der Waals surface area contributed by atoms with E-state index in [2.05, 4.69) is 36.0 Å². The van der Waals surface area contributed by atoms with Crippen molar-refractivity contribution in [3.8, 4) is 5.75 Å². The zero-order valence-electron chi connectivity index (χ0n) is 15.7. The van der Waals surface area contributed by atoms with Crippen molar-refractivity contribution in [1.82, 2.24) is 14.7 Å². The second-order valence-corrected chi connectivity index (χ2v) is 7.15. The molecule has 0 aliphatic carbocycles. The summed E-state index contributed by atoms with van der Waals surface area (Å²) in [5.74, 6) is 0.431. The molecule has 1 fully saturated rings. The third kappa shape index (κ3) is 4.25. The van der Waals surface area contributed by atoms with Crippen molar-refractivity contribution >= 4 is 5.97 Å². The van der Waals surface area contributed by atoms with Gasteiger partial charge in [0.2, 0.25) is 0 Å². The zero-order valence-corrected chi connectivity index (χ0v) is 15.7. The van der Waals surface area contributed by atoms with Crippen LogP contribution < -0.4 is 4.74 Å². The van der Waals surface area contributed by atoms with Gasteiger partial charge < -0.3 is 9.84 Å². The number of methoxy groups -OCH3 is 1. The molecule has 140 valence electrons. The van der Waals surface area contributed by atoms with Gasteiger partial charge in [-0.05, 0) is 62.1 Å². The predicted octanol–water partition coefficient (Wildman–Crippen LogP) is 2.97. The summed E-state index contributed by atoms with van der Waals surface area (Å²) in [5.41, 5.74) is 4.74. The molecule has 1 aromatic heterocycles. The van der Waals surface area contributed by atoms with Crippen molar-refractivity contribution in [2.45, 2.75) is 45.7 Å². The number of hydrogen-bond donors (Lipinski definition) is 1. The maximum atomic E-state index is 10.8. The molecule has 1 saturated heterocycles. The molecule has 0 saturated carbocycles. The number of benzene rings is 1. The molecule has 0 radical (unpaired) electrons. The van der Waals surface area contributed by atoms with E-state index in [0.29, 0.717) is 5.92 Å². The monoisotopic (exact) mass is 357 g/mol. The second-order valence-electron chi connectivity index (χ2n) is 7.15. The third-order valence-corrected chi connectivity index (χ3v) is 5.13. The maximum absolute atomic E-state index is 10.8. The van der Waals surface area contributed by atoms with E-state index in [1.165, 1.54) is 15.8 Å². The van der Waals surface area contributed by atoms with Crippen LogP contribution in [0.1, 0.15) is 41.1 Å². The third-order valence-electron chi connectivity index (χ3n) is 5.13. The van der Waals surface area contributed by atoms with Crippen LogP contribution in [-0.2, 0) is 17.9 Å². The Hall–Kier alpha value is -2.34. The highest BCUT2D eigenvalue weighted by Gasteiger charge is 2.24. The highest BCUT2D eigenvalue weighted by molar-refractivity contribution is 5.66.